The van der Waals surface area contributed by atoms with Crippen LogP contribution in [-0.2, 0) is 9.59 Å². The van der Waals surface area contributed by atoms with Gasteiger partial charge < -0.3 is 19.6 Å². The Balaban J connectivity index is 1.86. The van der Waals surface area contributed by atoms with Gasteiger partial charge in [-0.05, 0) is 43.3 Å². The number of benzene rings is 1. The number of rotatable bonds is 6. The third-order valence-electron chi connectivity index (χ3n) is 4.07. The molecule has 0 saturated carbocycles. The van der Waals surface area contributed by atoms with Gasteiger partial charge in [0.05, 0.1) is 24.9 Å². The van der Waals surface area contributed by atoms with Crippen molar-refractivity contribution >= 4 is 23.2 Å². The number of hydrogen-bond acceptors (Lipinski definition) is 4. The monoisotopic (exact) mass is 353 g/mol. The first-order chi connectivity index (χ1) is 12.5. The number of carbonyl (C=O) groups excluding carboxylic acids is 1. The van der Waals surface area contributed by atoms with Crippen LogP contribution >= 0.6 is 0 Å². The van der Waals surface area contributed by atoms with Crippen LogP contribution in [0, 0.1) is 6.92 Å². The molecule has 26 heavy (non-hydrogen) atoms. The maximum atomic E-state index is 11.8. The number of fused-ring (bicyclic) bond motifs is 1. The first-order valence-corrected chi connectivity index (χ1v) is 8.12. The highest BCUT2D eigenvalue weighted by molar-refractivity contribution is 5.92. The number of nitrogens with zero attached hydrogens (tertiary/aromatic N) is 2. The molecule has 134 valence electrons. The van der Waals surface area contributed by atoms with E-state index in [2.05, 4.69) is 10.3 Å². The minimum absolute atomic E-state index is 0.0621. The maximum absolute atomic E-state index is 11.8. The molecule has 2 aromatic heterocycles. The van der Waals surface area contributed by atoms with E-state index in [1.165, 1.54) is 0 Å². The SMILES string of the molecule is COc1ccc(-c2nc3ccc(NC(=O)CCC(=O)O)cn3c2C)cc1. The zero-order valence-corrected chi connectivity index (χ0v) is 14.5. The summed E-state index contributed by atoms with van der Waals surface area (Å²) in [5.74, 6) is -0.549. The third kappa shape index (κ3) is 3.66. The average Bonchev–Trinajstić information content (AvgIpc) is 2.96. The highest BCUT2D eigenvalue weighted by Gasteiger charge is 2.12. The molecule has 0 aliphatic carbocycles. The molecule has 0 atom stereocenters. The van der Waals surface area contributed by atoms with Gasteiger partial charge in [-0.1, -0.05) is 0 Å². The zero-order valence-electron chi connectivity index (χ0n) is 14.5. The molecule has 1 aromatic carbocycles. The van der Waals surface area contributed by atoms with E-state index in [1.54, 1.807) is 19.4 Å². The van der Waals surface area contributed by atoms with E-state index in [0.29, 0.717) is 5.69 Å². The summed E-state index contributed by atoms with van der Waals surface area (Å²) in [7, 11) is 1.62. The van der Waals surface area contributed by atoms with E-state index in [9.17, 15) is 9.59 Å². The lowest BCUT2D eigenvalue weighted by Crippen LogP contribution is -2.13. The quantitative estimate of drug-likeness (QED) is 0.710. The predicted molar refractivity (Wildman–Crippen MR) is 97.4 cm³/mol. The second-order valence-corrected chi connectivity index (χ2v) is 5.86. The van der Waals surface area contributed by atoms with Gasteiger partial charge in [0.1, 0.15) is 11.4 Å². The van der Waals surface area contributed by atoms with Crippen molar-refractivity contribution in [3.63, 3.8) is 0 Å². The fourth-order valence-corrected chi connectivity index (χ4v) is 2.70. The first kappa shape index (κ1) is 17.5. The van der Waals surface area contributed by atoms with Gasteiger partial charge in [0.15, 0.2) is 0 Å². The number of aromatic nitrogens is 2. The molecular formula is C19H19N3O4. The second-order valence-electron chi connectivity index (χ2n) is 5.86. The van der Waals surface area contributed by atoms with Crippen LogP contribution in [0.5, 0.6) is 5.75 Å². The fourth-order valence-electron chi connectivity index (χ4n) is 2.70. The summed E-state index contributed by atoms with van der Waals surface area (Å²) < 4.78 is 7.07. The summed E-state index contributed by atoms with van der Waals surface area (Å²) in [6.45, 7) is 1.95. The summed E-state index contributed by atoms with van der Waals surface area (Å²) >= 11 is 0. The van der Waals surface area contributed by atoms with Crippen LogP contribution in [0.3, 0.4) is 0 Å². The van der Waals surface area contributed by atoms with E-state index in [4.69, 9.17) is 9.84 Å². The predicted octanol–water partition coefficient (Wildman–Crippen LogP) is 3.12. The summed E-state index contributed by atoms with van der Waals surface area (Å²) in [6, 6.07) is 11.2. The Kier molecular flexibility index (Phi) is 4.88. The zero-order chi connectivity index (χ0) is 18.7. The number of anilines is 1. The number of hydrogen-bond donors (Lipinski definition) is 2. The highest BCUT2D eigenvalue weighted by atomic mass is 16.5. The molecule has 1 amide bonds. The molecule has 0 radical (unpaired) electrons. The number of amides is 1. The molecule has 0 aliphatic rings. The van der Waals surface area contributed by atoms with Crippen molar-refractivity contribution in [3.8, 4) is 17.0 Å². The van der Waals surface area contributed by atoms with E-state index in [-0.39, 0.29) is 18.7 Å². The van der Waals surface area contributed by atoms with Gasteiger partial charge >= 0.3 is 5.97 Å². The molecule has 7 nitrogen and oxygen atoms in total. The van der Waals surface area contributed by atoms with E-state index in [1.807, 2.05) is 41.7 Å². The number of nitrogens with one attached hydrogen (secondary N) is 1. The van der Waals surface area contributed by atoms with Crippen LogP contribution in [-0.4, -0.2) is 33.5 Å². The molecule has 0 aliphatic heterocycles. The summed E-state index contributed by atoms with van der Waals surface area (Å²) in [5, 5.41) is 11.4. The number of carbonyl (C=O) groups is 2. The van der Waals surface area contributed by atoms with E-state index >= 15 is 0 Å². The molecule has 0 fully saturated rings. The molecule has 3 aromatic rings. The largest absolute Gasteiger partial charge is 0.497 e. The molecule has 7 heteroatoms. The third-order valence-corrected chi connectivity index (χ3v) is 4.07. The number of imidazole rings is 1. The van der Waals surface area contributed by atoms with Crippen molar-refractivity contribution in [2.75, 3.05) is 12.4 Å². The van der Waals surface area contributed by atoms with Crippen molar-refractivity contribution in [2.24, 2.45) is 0 Å². The minimum atomic E-state index is -0.995. The first-order valence-electron chi connectivity index (χ1n) is 8.12. The van der Waals surface area contributed by atoms with Crippen molar-refractivity contribution in [1.82, 2.24) is 9.38 Å². The smallest absolute Gasteiger partial charge is 0.303 e. The summed E-state index contributed by atoms with van der Waals surface area (Å²) in [5.41, 5.74) is 4.11. The van der Waals surface area contributed by atoms with Gasteiger partial charge in [0, 0.05) is 23.9 Å². The molecule has 3 rings (SSSR count). The van der Waals surface area contributed by atoms with E-state index < -0.39 is 5.97 Å². The minimum Gasteiger partial charge on any atom is -0.497 e. The Morgan fingerprint density at radius 2 is 1.88 bits per heavy atom. The van der Waals surface area contributed by atoms with Crippen molar-refractivity contribution in [3.05, 3.63) is 48.3 Å². The standard InChI is InChI=1S/C19H19N3O4/c1-12-19(13-3-6-15(26-2)7-4-13)21-16-8-5-14(11-22(12)16)20-17(23)9-10-18(24)25/h3-8,11H,9-10H2,1-2H3,(H,20,23)(H,24,25). The summed E-state index contributed by atoms with van der Waals surface area (Å²) in [6.07, 6.45) is 1.52. The second kappa shape index (κ2) is 7.26. The molecule has 2 heterocycles. The Hall–Kier alpha value is -3.35. The number of aryl methyl sites for hydroxylation is 1. The van der Waals surface area contributed by atoms with Crippen LogP contribution in [0.15, 0.2) is 42.6 Å². The number of carboxylic acids is 1. The summed E-state index contributed by atoms with van der Waals surface area (Å²) in [4.78, 5) is 27.0. The normalized spacial score (nSPS) is 10.7. The van der Waals surface area contributed by atoms with Crippen molar-refractivity contribution in [1.29, 1.82) is 0 Å². The Morgan fingerprint density at radius 3 is 2.54 bits per heavy atom. The molecule has 0 bridgehead atoms. The van der Waals surface area contributed by atoms with Gasteiger partial charge in [-0.3, -0.25) is 9.59 Å². The fraction of sp³-hybridized carbons (Fsp3) is 0.211. The van der Waals surface area contributed by atoms with Gasteiger partial charge in [-0.25, -0.2) is 4.98 Å². The molecule has 2 N–H and O–H groups in total. The molecular weight excluding hydrogens is 334 g/mol. The lowest BCUT2D eigenvalue weighted by atomic mass is 10.1. The Bertz CT molecular complexity index is 961. The van der Waals surface area contributed by atoms with Gasteiger partial charge in [0.25, 0.3) is 0 Å². The van der Waals surface area contributed by atoms with Crippen LogP contribution in [0.4, 0.5) is 5.69 Å². The van der Waals surface area contributed by atoms with Crippen LogP contribution in [0.25, 0.3) is 16.9 Å². The molecule has 0 spiro atoms. The van der Waals surface area contributed by atoms with E-state index in [0.717, 1.165) is 28.3 Å². The Morgan fingerprint density at radius 1 is 1.15 bits per heavy atom. The number of methoxy groups -OCH3 is 1. The van der Waals surface area contributed by atoms with Gasteiger partial charge in [-0.2, -0.15) is 0 Å². The highest BCUT2D eigenvalue weighted by Crippen LogP contribution is 2.26. The van der Waals surface area contributed by atoms with Gasteiger partial charge in [-0.15, -0.1) is 0 Å². The number of ether oxygens (including phenoxy) is 1. The number of carboxylic acid groups (broad SMARTS) is 1. The molecule has 0 unspecified atom stereocenters. The van der Waals surface area contributed by atoms with Crippen molar-refractivity contribution < 1.29 is 19.4 Å². The lowest BCUT2D eigenvalue weighted by molar-refractivity contribution is -0.138. The Labute approximate surface area is 150 Å². The van der Waals surface area contributed by atoms with Crippen LogP contribution < -0.4 is 10.1 Å². The van der Waals surface area contributed by atoms with Gasteiger partial charge in [0.2, 0.25) is 5.91 Å². The van der Waals surface area contributed by atoms with Crippen molar-refractivity contribution in [2.45, 2.75) is 19.8 Å². The van der Waals surface area contributed by atoms with Crippen LogP contribution in [0.1, 0.15) is 18.5 Å². The average molecular weight is 353 g/mol. The topological polar surface area (TPSA) is 92.9 Å². The number of pyridine rings is 1. The number of aliphatic carboxylic acids is 1. The van der Waals surface area contributed by atoms with Crippen LogP contribution in [0.2, 0.25) is 0 Å². The maximum Gasteiger partial charge on any atom is 0.303 e. The molecule has 0 saturated heterocycles. The lowest BCUT2D eigenvalue weighted by Gasteiger charge is -2.06.